The summed E-state index contributed by atoms with van der Waals surface area (Å²) >= 11 is 1.22. The molecule has 0 spiro atoms. The van der Waals surface area contributed by atoms with Gasteiger partial charge in [0.25, 0.3) is 0 Å². The zero-order valence-electron chi connectivity index (χ0n) is 20.7. The summed E-state index contributed by atoms with van der Waals surface area (Å²) in [6.07, 6.45) is -4.86. The lowest BCUT2D eigenvalue weighted by Gasteiger charge is -2.19. The molecule has 0 saturated carbocycles. The van der Waals surface area contributed by atoms with Crippen molar-refractivity contribution < 1.29 is 27.4 Å². The predicted molar refractivity (Wildman–Crippen MR) is 132 cm³/mol. The summed E-state index contributed by atoms with van der Waals surface area (Å²) in [5.74, 6) is 1.83. The number of rotatable bonds is 10. The number of alkyl halides is 3. The maximum absolute atomic E-state index is 12.8. The highest BCUT2D eigenvalue weighted by Crippen LogP contribution is 2.31. The number of halogens is 3. The lowest BCUT2D eigenvalue weighted by Crippen LogP contribution is -2.23. The summed E-state index contributed by atoms with van der Waals surface area (Å²) in [7, 11) is 1.58. The fraction of sp³-hybridized carbons (Fsp3) is 0.400. The van der Waals surface area contributed by atoms with E-state index in [1.54, 1.807) is 20.1 Å². The molecule has 194 valence electrons. The Morgan fingerprint density at radius 1 is 1.06 bits per heavy atom. The van der Waals surface area contributed by atoms with Crippen molar-refractivity contribution in [1.29, 1.82) is 0 Å². The molecule has 36 heavy (non-hydrogen) atoms. The Morgan fingerprint density at radius 2 is 1.72 bits per heavy atom. The molecule has 0 saturated heterocycles. The zero-order chi connectivity index (χ0) is 26.5. The number of ether oxygens (including phenoxy) is 2. The number of aromatic nitrogens is 3. The topological polar surface area (TPSA) is 78.3 Å². The first-order valence-corrected chi connectivity index (χ1v) is 12.2. The van der Waals surface area contributed by atoms with Crippen molar-refractivity contribution in [1.82, 2.24) is 14.8 Å². The van der Waals surface area contributed by atoms with Crippen LogP contribution in [0, 0.1) is 5.92 Å². The van der Waals surface area contributed by atoms with E-state index in [2.05, 4.69) is 29.4 Å². The number of nitrogens with one attached hydrogen (secondary N) is 1. The molecule has 2 unspecified atom stereocenters. The monoisotopic (exact) mass is 522 g/mol. The Hall–Kier alpha value is -3.21. The van der Waals surface area contributed by atoms with Crippen LogP contribution in [0.3, 0.4) is 0 Å². The molecule has 0 fully saturated rings. The van der Waals surface area contributed by atoms with Gasteiger partial charge in [-0.25, -0.2) is 0 Å². The van der Waals surface area contributed by atoms with Gasteiger partial charge in [-0.15, -0.1) is 10.2 Å². The number of amides is 1. The number of thioether (sulfide) groups is 1. The highest BCUT2D eigenvalue weighted by molar-refractivity contribution is 8.00. The smallest absolute Gasteiger partial charge is 0.416 e. The highest BCUT2D eigenvalue weighted by atomic mass is 32.2. The molecular formula is C25H29F3N4O3S. The number of carbonyl (C=O) groups is 1. The number of hydrogen-bond donors (Lipinski definition) is 1. The highest BCUT2D eigenvalue weighted by Gasteiger charge is 2.30. The summed E-state index contributed by atoms with van der Waals surface area (Å²) in [4.78, 5) is 12.7. The molecule has 2 atom stereocenters. The van der Waals surface area contributed by atoms with Crippen LogP contribution >= 0.6 is 11.8 Å². The fourth-order valence-corrected chi connectivity index (χ4v) is 4.22. The van der Waals surface area contributed by atoms with Crippen molar-refractivity contribution >= 4 is 23.4 Å². The number of anilines is 1. The van der Waals surface area contributed by atoms with Crippen LogP contribution in [0.15, 0.2) is 53.7 Å². The first-order valence-electron chi connectivity index (χ1n) is 11.4. The van der Waals surface area contributed by atoms with E-state index in [4.69, 9.17) is 9.47 Å². The minimum Gasteiger partial charge on any atom is -0.497 e. The van der Waals surface area contributed by atoms with Gasteiger partial charge in [0.05, 0.1) is 17.9 Å². The summed E-state index contributed by atoms with van der Waals surface area (Å²) in [6, 6.07) is 11.6. The van der Waals surface area contributed by atoms with Crippen LogP contribution in [0.5, 0.6) is 11.5 Å². The van der Waals surface area contributed by atoms with Crippen molar-refractivity contribution in [3.05, 3.63) is 59.9 Å². The van der Waals surface area contributed by atoms with Gasteiger partial charge in [-0.1, -0.05) is 31.7 Å². The second kappa shape index (κ2) is 11.7. The van der Waals surface area contributed by atoms with E-state index in [1.807, 2.05) is 29.7 Å². The van der Waals surface area contributed by atoms with Crippen LogP contribution in [0.2, 0.25) is 0 Å². The quantitative estimate of drug-likeness (QED) is 0.319. The minimum atomic E-state index is -4.43. The Balaban J connectivity index is 1.72. The predicted octanol–water partition coefficient (Wildman–Crippen LogP) is 6.22. The summed E-state index contributed by atoms with van der Waals surface area (Å²) in [5, 5.41) is 11.3. The third kappa shape index (κ3) is 7.16. The number of benzene rings is 2. The molecule has 1 N–H and O–H groups in total. The van der Waals surface area contributed by atoms with E-state index in [1.165, 1.54) is 23.9 Å². The Labute approximate surface area is 212 Å². The van der Waals surface area contributed by atoms with Crippen LogP contribution in [0.4, 0.5) is 18.9 Å². The maximum atomic E-state index is 12.8. The van der Waals surface area contributed by atoms with Gasteiger partial charge in [-0.2, -0.15) is 13.2 Å². The second-order valence-electron chi connectivity index (χ2n) is 8.61. The van der Waals surface area contributed by atoms with Gasteiger partial charge in [-0.05, 0) is 56.2 Å². The van der Waals surface area contributed by atoms with Crippen LogP contribution in [-0.2, 0) is 17.5 Å². The number of methoxy groups -OCH3 is 1. The molecule has 1 amide bonds. The molecule has 0 aliphatic rings. The molecule has 3 aromatic rings. The van der Waals surface area contributed by atoms with Gasteiger partial charge < -0.3 is 19.4 Å². The van der Waals surface area contributed by atoms with Crippen LogP contribution < -0.4 is 14.8 Å². The van der Waals surface area contributed by atoms with E-state index in [0.29, 0.717) is 29.0 Å². The van der Waals surface area contributed by atoms with E-state index < -0.39 is 23.1 Å². The van der Waals surface area contributed by atoms with Gasteiger partial charge in [0.1, 0.15) is 11.5 Å². The van der Waals surface area contributed by atoms with Gasteiger partial charge in [0.2, 0.25) is 5.91 Å². The van der Waals surface area contributed by atoms with E-state index in [9.17, 15) is 18.0 Å². The number of hydrogen-bond acceptors (Lipinski definition) is 6. The van der Waals surface area contributed by atoms with Crippen molar-refractivity contribution in [2.45, 2.75) is 56.9 Å². The minimum absolute atomic E-state index is 0.277. The molecule has 11 heteroatoms. The summed E-state index contributed by atoms with van der Waals surface area (Å²) in [5.41, 5.74) is -0.493. The molecule has 0 aliphatic heterocycles. The van der Waals surface area contributed by atoms with Crippen LogP contribution in [0.1, 0.15) is 45.2 Å². The average molecular weight is 523 g/mol. The molecule has 2 aromatic carbocycles. The van der Waals surface area contributed by atoms with Gasteiger partial charge in [-0.3, -0.25) is 4.79 Å². The lowest BCUT2D eigenvalue weighted by molar-refractivity contribution is -0.137. The largest absolute Gasteiger partial charge is 0.497 e. The average Bonchev–Trinajstić information content (AvgIpc) is 3.20. The molecule has 7 nitrogen and oxygen atoms in total. The third-order valence-corrected chi connectivity index (χ3v) is 6.22. The van der Waals surface area contributed by atoms with Crippen molar-refractivity contribution in [2.24, 2.45) is 5.92 Å². The number of carbonyl (C=O) groups excluding carboxylic acids is 1. The molecule has 1 heterocycles. The Kier molecular flexibility index (Phi) is 8.89. The normalized spacial score (nSPS) is 13.4. The maximum Gasteiger partial charge on any atom is 0.416 e. The zero-order valence-corrected chi connectivity index (χ0v) is 21.5. The van der Waals surface area contributed by atoms with E-state index >= 15 is 0 Å². The summed E-state index contributed by atoms with van der Waals surface area (Å²) in [6.45, 7) is 8.31. The molecule has 3 rings (SSSR count). The van der Waals surface area contributed by atoms with Crippen molar-refractivity contribution in [2.75, 3.05) is 12.4 Å². The first kappa shape index (κ1) is 27.4. The molecule has 1 aromatic heterocycles. The van der Waals surface area contributed by atoms with E-state index in [0.717, 1.165) is 12.1 Å². The molecule has 0 radical (unpaired) electrons. The summed E-state index contributed by atoms with van der Waals surface area (Å²) < 4.78 is 51.6. The fourth-order valence-electron chi connectivity index (χ4n) is 3.35. The van der Waals surface area contributed by atoms with E-state index in [-0.39, 0.29) is 17.5 Å². The van der Waals surface area contributed by atoms with Gasteiger partial charge in [0, 0.05) is 18.3 Å². The van der Waals surface area contributed by atoms with Crippen molar-refractivity contribution in [3.8, 4) is 11.5 Å². The standard InChI is InChI=1S/C25H29F3N4O3S/c1-15(2)14-32-22(16(3)35-21-8-6-7-20(13-21)34-5)30-31-24(32)36-17(4)23(33)29-19-11-9-18(10-12-19)25(26,27)28/h6-13,15-17H,14H2,1-5H3,(H,29,33). The first-order chi connectivity index (χ1) is 17.0. The molecular weight excluding hydrogens is 493 g/mol. The SMILES string of the molecule is COc1cccc(OC(C)c2nnc(SC(C)C(=O)Nc3ccc(C(F)(F)F)cc3)n2CC(C)C)c1. The third-order valence-electron chi connectivity index (χ3n) is 5.14. The second-order valence-corrected chi connectivity index (χ2v) is 9.92. The van der Waals surface area contributed by atoms with Crippen LogP contribution in [-0.4, -0.2) is 33.0 Å². The van der Waals surface area contributed by atoms with Gasteiger partial charge >= 0.3 is 6.18 Å². The lowest BCUT2D eigenvalue weighted by atomic mass is 10.2. The van der Waals surface area contributed by atoms with Crippen molar-refractivity contribution in [3.63, 3.8) is 0 Å². The van der Waals surface area contributed by atoms with Crippen LogP contribution in [0.25, 0.3) is 0 Å². The Morgan fingerprint density at radius 3 is 2.33 bits per heavy atom. The molecule has 0 aliphatic carbocycles. The number of nitrogens with zero attached hydrogens (tertiary/aromatic N) is 3. The molecule has 0 bridgehead atoms. The Bertz CT molecular complexity index is 1170. The van der Waals surface area contributed by atoms with Gasteiger partial charge in [0.15, 0.2) is 17.1 Å².